The lowest BCUT2D eigenvalue weighted by atomic mass is 9.80. The van der Waals surface area contributed by atoms with Crippen LogP contribution in [0.3, 0.4) is 0 Å². The monoisotopic (exact) mass is 280 g/mol. The molecule has 2 aromatic rings. The van der Waals surface area contributed by atoms with Crippen molar-refractivity contribution in [2.24, 2.45) is 11.8 Å². The quantitative estimate of drug-likeness (QED) is 0.876. The van der Waals surface area contributed by atoms with E-state index in [0.29, 0.717) is 11.8 Å². The number of aliphatic hydroxyl groups excluding tert-OH is 1. The van der Waals surface area contributed by atoms with Crippen molar-refractivity contribution in [1.29, 1.82) is 0 Å². The van der Waals surface area contributed by atoms with Gasteiger partial charge in [-0.3, -0.25) is 0 Å². The standard InChI is InChI=1S/C13H17ClN4O/c14-13-15-5-11-6-16-18(12(11)17-13)7-9-3-1-2-4-10(9)8-19/h5-6,9-10,19H,1-4,7-8H2/t9-,10-/m0/s1. The molecular formula is C13H17ClN4O. The molecule has 0 bridgehead atoms. The SMILES string of the molecule is OC[C@@H]1CCCC[C@H]1Cn1ncc2cnc(Cl)nc21. The van der Waals surface area contributed by atoms with Crippen LogP contribution in [-0.4, -0.2) is 31.5 Å². The highest BCUT2D eigenvalue weighted by atomic mass is 35.5. The molecule has 1 saturated carbocycles. The number of hydrogen-bond donors (Lipinski definition) is 1. The van der Waals surface area contributed by atoms with E-state index in [4.69, 9.17) is 11.6 Å². The van der Waals surface area contributed by atoms with Crippen LogP contribution in [-0.2, 0) is 6.54 Å². The summed E-state index contributed by atoms with van der Waals surface area (Å²) in [7, 11) is 0. The molecule has 2 heterocycles. The molecule has 3 rings (SSSR count). The summed E-state index contributed by atoms with van der Waals surface area (Å²) in [5, 5.41) is 15.0. The maximum Gasteiger partial charge on any atom is 0.224 e. The second-order valence-electron chi connectivity index (χ2n) is 5.23. The molecule has 0 saturated heterocycles. The van der Waals surface area contributed by atoms with Gasteiger partial charge in [0, 0.05) is 19.3 Å². The largest absolute Gasteiger partial charge is 0.396 e. The smallest absolute Gasteiger partial charge is 0.224 e. The average Bonchev–Trinajstić information content (AvgIpc) is 2.82. The van der Waals surface area contributed by atoms with E-state index >= 15 is 0 Å². The van der Waals surface area contributed by atoms with Crippen LogP contribution in [0.5, 0.6) is 0 Å². The van der Waals surface area contributed by atoms with Gasteiger partial charge in [-0.25, -0.2) is 9.67 Å². The Morgan fingerprint density at radius 2 is 2.05 bits per heavy atom. The zero-order valence-corrected chi connectivity index (χ0v) is 11.4. The number of nitrogens with zero attached hydrogens (tertiary/aromatic N) is 4. The number of aliphatic hydroxyl groups is 1. The molecule has 0 radical (unpaired) electrons. The van der Waals surface area contributed by atoms with Crippen molar-refractivity contribution in [2.75, 3.05) is 6.61 Å². The Morgan fingerprint density at radius 3 is 2.84 bits per heavy atom. The summed E-state index contributed by atoms with van der Waals surface area (Å²) in [5.41, 5.74) is 0.780. The minimum atomic E-state index is 0.247. The zero-order chi connectivity index (χ0) is 13.2. The molecule has 2 atom stereocenters. The zero-order valence-electron chi connectivity index (χ0n) is 10.7. The van der Waals surface area contributed by atoms with Crippen molar-refractivity contribution >= 4 is 22.6 Å². The van der Waals surface area contributed by atoms with Gasteiger partial charge in [-0.2, -0.15) is 10.1 Å². The molecule has 1 N–H and O–H groups in total. The van der Waals surface area contributed by atoms with Gasteiger partial charge in [-0.05, 0) is 36.3 Å². The second-order valence-corrected chi connectivity index (χ2v) is 5.57. The van der Waals surface area contributed by atoms with Crippen molar-refractivity contribution in [3.8, 4) is 0 Å². The molecule has 2 aromatic heterocycles. The molecule has 1 fully saturated rings. The molecule has 0 aromatic carbocycles. The topological polar surface area (TPSA) is 63.8 Å². The van der Waals surface area contributed by atoms with Gasteiger partial charge in [-0.1, -0.05) is 12.8 Å². The summed E-state index contributed by atoms with van der Waals surface area (Å²) >= 11 is 5.84. The molecular weight excluding hydrogens is 264 g/mol. The van der Waals surface area contributed by atoms with E-state index in [1.54, 1.807) is 12.4 Å². The van der Waals surface area contributed by atoms with Crippen LogP contribution in [0.25, 0.3) is 11.0 Å². The van der Waals surface area contributed by atoms with Crippen LogP contribution in [0.1, 0.15) is 25.7 Å². The first-order valence-corrected chi connectivity index (χ1v) is 7.10. The van der Waals surface area contributed by atoms with E-state index in [0.717, 1.165) is 30.4 Å². The van der Waals surface area contributed by atoms with Gasteiger partial charge < -0.3 is 5.11 Å². The van der Waals surface area contributed by atoms with Gasteiger partial charge in [0.1, 0.15) is 0 Å². The second kappa shape index (κ2) is 5.43. The fourth-order valence-electron chi connectivity index (χ4n) is 2.97. The fourth-order valence-corrected chi connectivity index (χ4v) is 3.10. The van der Waals surface area contributed by atoms with Gasteiger partial charge in [0.2, 0.25) is 5.28 Å². The molecule has 0 spiro atoms. The third kappa shape index (κ3) is 2.58. The van der Waals surface area contributed by atoms with Crippen LogP contribution in [0.2, 0.25) is 5.28 Å². The van der Waals surface area contributed by atoms with Crippen LogP contribution < -0.4 is 0 Å². The molecule has 0 aliphatic heterocycles. The van der Waals surface area contributed by atoms with Gasteiger partial charge in [0.15, 0.2) is 5.65 Å². The van der Waals surface area contributed by atoms with Crippen molar-refractivity contribution < 1.29 is 5.11 Å². The minimum Gasteiger partial charge on any atom is -0.396 e. The van der Waals surface area contributed by atoms with Crippen LogP contribution >= 0.6 is 11.6 Å². The third-order valence-electron chi connectivity index (χ3n) is 4.06. The maximum absolute atomic E-state index is 9.47. The number of aromatic nitrogens is 4. The summed E-state index contributed by atoms with van der Waals surface area (Å²) in [6, 6.07) is 0. The van der Waals surface area contributed by atoms with E-state index in [9.17, 15) is 5.11 Å². The Hall–Kier alpha value is -1.20. The highest BCUT2D eigenvalue weighted by Gasteiger charge is 2.25. The maximum atomic E-state index is 9.47. The third-order valence-corrected chi connectivity index (χ3v) is 4.24. The van der Waals surface area contributed by atoms with E-state index < -0.39 is 0 Å². The average molecular weight is 281 g/mol. The Labute approximate surface area is 116 Å². The predicted molar refractivity (Wildman–Crippen MR) is 72.9 cm³/mol. The van der Waals surface area contributed by atoms with Crippen molar-refractivity contribution in [1.82, 2.24) is 19.7 Å². The van der Waals surface area contributed by atoms with E-state index in [1.807, 2.05) is 4.68 Å². The molecule has 102 valence electrons. The minimum absolute atomic E-state index is 0.247. The molecule has 1 aliphatic carbocycles. The molecule has 19 heavy (non-hydrogen) atoms. The first kappa shape index (κ1) is 12.8. The van der Waals surface area contributed by atoms with Gasteiger partial charge in [0.05, 0.1) is 11.6 Å². The van der Waals surface area contributed by atoms with Crippen molar-refractivity contribution in [2.45, 2.75) is 32.2 Å². The van der Waals surface area contributed by atoms with Crippen LogP contribution in [0, 0.1) is 11.8 Å². The lowest BCUT2D eigenvalue weighted by molar-refractivity contribution is 0.121. The van der Waals surface area contributed by atoms with Crippen LogP contribution in [0.15, 0.2) is 12.4 Å². The van der Waals surface area contributed by atoms with Crippen molar-refractivity contribution in [3.63, 3.8) is 0 Å². The highest BCUT2D eigenvalue weighted by Crippen LogP contribution is 2.31. The number of hydrogen-bond acceptors (Lipinski definition) is 4. The van der Waals surface area contributed by atoms with Gasteiger partial charge in [-0.15, -0.1) is 0 Å². The lowest BCUT2D eigenvalue weighted by Crippen LogP contribution is -2.27. The summed E-state index contributed by atoms with van der Waals surface area (Å²) in [6.45, 7) is 1.06. The lowest BCUT2D eigenvalue weighted by Gasteiger charge is -2.30. The summed E-state index contributed by atoms with van der Waals surface area (Å²) in [5.74, 6) is 0.848. The predicted octanol–water partition coefficient (Wildman–Crippen LogP) is 2.28. The Bertz CT molecular complexity index is 571. The Morgan fingerprint density at radius 1 is 1.26 bits per heavy atom. The van der Waals surface area contributed by atoms with Gasteiger partial charge in [0.25, 0.3) is 0 Å². The van der Waals surface area contributed by atoms with Crippen molar-refractivity contribution in [3.05, 3.63) is 17.7 Å². The van der Waals surface area contributed by atoms with Gasteiger partial charge >= 0.3 is 0 Å². The number of fused-ring (bicyclic) bond motifs is 1. The molecule has 6 heteroatoms. The van der Waals surface area contributed by atoms with E-state index in [-0.39, 0.29) is 11.9 Å². The Kier molecular flexibility index (Phi) is 3.66. The Balaban J connectivity index is 1.86. The normalized spacial score (nSPS) is 23.9. The summed E-state index contributed by atoms with van der Waals surface area (Å²) in [6.07, 6.45) is 8.16. The van der Waals surface area contributed by atoms with E-state index in [1.165, 1.54) is 12.8 Å². The first-order chi connectivity index (χ1) is 9.28. The number of rotatable bonds is 3. The molecule has 0 amide bonds. The highest BCUT2D eigenvalue weighted by molar-refractivity contribution is 6.28. The molecule has 0 unspecified atom stereocenters. The summed E-state index contributed by atoms with van der Waals surface area (Å²) in [4.78, 5) is 8.20. The molecule has 1 aliphatic rings. The number of halogens is 1. The van der Waals surface area contributed by atoms with Crippen LogP contribution in [0.4, 0.5) is 0 Å². The fraction of sp³-hybridized carbons (Fsp3) is 0.615. The molecule has 5 nitrogen and oxygen atoms in total. The first-order valence-electron chi connectivity index (χ1n) is 6.73. The summed E-state index contributed by atoms with van der Waals surface area (Å²) < 4.78 is 1.89. The van der Waals surface area contributed by atoms with E-state index in [2.05, 4.69) is 15.1 Å².